The molecule has 3 rings (SSSR count). The molecule has 0 aromatic heterocycles. The van der Waals surface area contributed by atoms with E-state index >= 15 is 0 Å². The Hall–Kier alpha value is -0.560. The summed E-state index contributed by atoms with van der Waals surface area (Å²) in [6.07, 6.45) is -18.6. The molecule has 3 aliphatic rings. The fourth-order valence-electron chi connectivity index (χ4n) is 4.50. The molecule has 7 unspecified atom stereocenters. The Balaban J connectivity index is 1.62. The first-order valence-corrected chi connectivity index (χ1v) is 11.7. The lowest BCUT2D eigenvalue weighted by Gasteiger charge is -2.44. The van der Waals surface area contributed by atoms with Crippen LogP contribution in [0.2, 0.25) is 0 Å². The Morgan fingerprint density at radius 2 is 1.06 bits per heavy atom. The maximum Gasteiger partial charge on any atom is 0.186 e. The average Bonchev–Trinajstić information content (AvgIpc) is 2.84. The molecule has 0 bridgehead atoms. The van der Waals surface area contributed by atoms with Gasteiger partial charge in [0.1, 0.15) is 67.1 Å². The first-order valence-electron chi connectivity index (χ1n) is 11.7. The quantitative estimate of drug-likeness (QED) is 0.153. The van der Waals surface area contributed by atoms with Crippen molar-refractivity contribution in [2.45, 2.75) is 112 Å². The SMILES string of the molecule is CCC1O[C@@H](OCC2O[C@@H](OCC3O[C@@H](C)C(O)[C@@H](O)[C@H]3O)C(O)[C@@H](OC)[C@H]2O)C(O)C(O)[C@H]1O. The lowest BCUT2D eigenvalue weighted by Crippen LogP contribution is -2.62. The fraction of sp³-hybridized carbons (Fsp3) is 1.00. The predicted octanol–water partition coefficient (Wildman–Crippen LogP) is -4.43. The van der Waals surface area contributed by atoms with Crippen molar-refractivity contribution in [3.05, 3.63) is 0 Å². The predicted molar refractivity (Wildman–Crippen MR) is 113 cm³/mol. The van der Waals surface area contributed by atoms with Crippen molar-refractivity contribution < 1.29 is 69.3 Å². The number of ether oxygens (including phenoxy) is 6. The summed E-state index contributed by atoms with van der Waals surface area (Å²) < 4.78 is 32.9. The molecule has 35 heavy (non-hydrogen) atoms. The summed E-state index contributed by atoms with van der Waals surface area (Å²) >= 11 is 0. The van der Waals surface area contributed by atoms with Crippen LogP contribution >= 0.6 is 0 Å². The molecule has 3 aliphatic heterocycles. The molecule has 0 aromatic rings. The van der Waals surface area contributed by atoms with Gasteiger partial charge in [-0.05, 0) is 13.3 Å². The van der Waals surface area contributed by atoms with Gasteiger partial charge in [0.25, 0.3) is 0 Å². The number of hydrogen-bond donors (Lipinski definition) is 8. The van der Waals surface area contributed by atoms with E-state index < -0.39 is 91.9 Å². The highest BCUT2D eigenvalue weighted by molar-refractivity contribution is 4.93. The van der Waals surface area contributed by atoms with Crippen molar-refractivity contribution in [2.75, 3.05) is 20.3 Å². The maximum atomic E-state index is 10.6. The molecule has 3 saturated heterocycles. The number of hydrogen-bond acceptors (Lipinski definition) is 14. The lowest BCUT2D eigenvalue weighted by molar-refractivity contribution is -0.336. The van der Waals surface area contributed by atoms with Crippen LogP contribution in [0.1, 0.15) is 20.3 Å². The van der Waals surface area contributed by atoms with E-state index in [0.717, 1.165) is 0 Å². The fourth-order valence-corrected chi connectivity index (χ4v) is 4.50. The molecule has 15 atom stereocenters. The van der Waals surface area contributed by atoms with Gasteiger partial charge in [-0.3, -0.25) is 0 Å². The molecular weight excluding hydrogens is 476 g/mol. The molecule has 0 amide bonds. The van der Waals surface area contributed by atoms with E-state index in [-0.39, 0.29) is 13.2 Å². The summed E-state index contributed by atoms with van der Waals surface area (Å²) in [5.74, 6) is 0. The van der Waals surface area contributed by atoms with Gasteiger partial charge >= 0.3 is 0 Å². The Labute approximate surface area is 202 Å². The molecule has 3 heterocycles. The molecular formula is C21H38O14. The van der Waals surface area contributed by atoms with Gasteiger partial charge in [0.15, 0.2) is 12.6 Å². The van der Waals surface area contributed by atoms with Crippen molar-refractivity contribution in [2.24, 2.45) is 0 Å². The monoisotopic (exact) mass is 514 g/mol. The zero-order valence-corrected chi connectivity index (χ0v) is 19.8. The first kappa shape index (κ1) is 29.0. The topological polar surface area (TPSA) is 217 Å². The number of rotatable bonds is 8. The third kappa shape index (κ3) is 6.13. The van der Waals surface area contributed by atoms with Gasteiger partial charge in [-0.1, -0.05) is 6.92 Å². The second kappa shape index (κ2) is 12.3. The molecule has 8 N–H and O–H groups in total. The van der Waals surface area contributed by atoms with Crippen LogP contribution in [0.4, 0.5) is 0 Å². The Bertz CT molecular complexity index is 654. The third-order valence-electron chi connectivity index (χ3n) is 6.79. The van der Waals surface area contributed by atoms with E-state index in [0.29, 0.717) is 6.42 Å². The third-order valence-corrected chi connectivity index (χ3v) is 6.79. The molecule has 0 saturated carbocycles. The standard InChI is InChI=1S/C21H38O14/c1-4-8-12(23)16(27)17(28)20(34-8)31-6-10-14(25)19(30-3)18(29)21(35-10)32-5-9-13(24)15(26)11(22)7(2)33-9/h7-29H,4-6H2,1-3H3/t7-,8?,9?,10?,11?,12-,13-,14-,15+,16?,17?,18?,19-,20+,21+/m0/s1. The van der Waals surface area contributed by atoms with Crippen LogP contribution in [0.3, 0.4) is 0 Å². The zero-order valence-electron chi connectivity index (χ0n) is 19.8. The van der Waals surface area contributed by atoms with Gasteiger partial charge in [0.05, 0.1) is 25.4 Å². The minimum atomic E-state index is -1.56. The lowest BCUT2D eigenvalue weighted by atomic mass is 9.96. The van der Waals surface area contributed by atoms with E-state index in [2.05, 4.69) is 0 Å². The zero-order chi connectivity index (χ0) is 26.0. The van der Waals surface area contributed by atoms with Crippen LogP contribution in [0.5, 0.6) is 0 Å². The maximum absolute atomic E-state index is 10.6. The van der Waals surface area contributed by atoms with Crippen LogP contribution in [-0.2, 0) is 28.4 Å². The van der Waals surface area contributed by atoms with Crippen LogP contribution in [0, 0.1) is 0 Å². The summed E-state index contributed by atoms with van der Waals surface area (Å²) in [5, 5.41) is 81.3. The van der Waals surface area contributed by atoms with E-state index in [1.807, 2.05) is 0 Å². The minimum Gasteiger partial charge on any atom is -0.388 e. The molecule has 0 radical (unpaired) electrons. The second-order valence-electron chi connectivity index (χ2n) is 9.17. The second-order valence-corrected chi connectivity index (χ2v) is 9.17. The van der Waals surface area contributed by atoms with Crippen molar-refractivity contribution in [1.82, 2.24) is 0 Å². The van der Waals surface area contributed by atoms with E-state index in [1.54, 1.807) is 6.92 Å². The number of aliphatic hydroxyl groups excluding tert-OH is 8. The summed E-state index contributed by atoms with van der Waals surface area (Å²) in [4.78, 5) is 0. The van der Waals surface area contributed by atoms with Gasteiger partial charge in [-0.15, -0.1) is 0 Å². The summed E-state index contributed by atoms with van der Waals surface area (Å²) in [6.45, 7) is 2.55. The molecule has 3 fully saturated rings. The van der Waals surface area contributed by atoms with Gasteiger partial charge < -0.3 is 69.3 Å². The van der Waals surface area contributed by atoms with Gasteiger partial charge in [-0.2, -0.15) is 0 Å². The number of aliphatic hydroxyl groups is 8. The molecule has 14 heteroatoms. The van der Waals surface area contributed by atoms with E-state index in [4.69, 9.17) is 28.4 Å². The molecule has 0 aliphatic carbocycles. The molecule has 0 spiro atoms. The van der Waals surface area contributed by atoms with E-state index in [1.165, 1.54) is 14.0 Å². The first-order chi connectivity index (χ1) is 16.5. The Morgan fingerprint density at radius 3 is 1.63 bits per heavy atom. The highest BCUT2D eigenvalue weighted by atomic mass is 16.7. The van der Waals surface area contributed by atoms with Gasteiger partial charge in [-0.25, -0.2) is 0 Å². The molecule has 14 nitrogen and oxygen atoms in total. The smallest absolute Gasteiger partial charge is 0.186 e. The van der Waals surface area contributed by atoms with Crippen LogP contribution in [-0.4, -0.2) is 153 Å². The molecule has 206 valence electrons. The number of methoxy groups -OCH3 is 1. The average molecular weight is 515 g/mol. The van der Waals surface area contributed by atoms with Crippen molar-refractivity contribution >= 4 is 0 Å². The summed E-state index contributed by atoms with van der Waals surface area (Å²) in [5.41, 5.74) is 0. The summed E-state index contributed by atoms with van der Waals surface area (Å²) in [7, 11) is 1.27. The normalized spacial score (nSPS) is 51.3. The van der Waals surface area contributed by atoms with Crippen LogP contribution in [0.15, 0.2) is 0 Å². The van der Waals surface area contributed by atoms with Crippen molar-refractivity contribution in [3.63, 3.8) is 0 Å². The highest BCUT2D eigenvalue weighted by Crippen LogP contribution is 2.29. The van der Waals surface area contributed by atoms with Crippen molar-refractivity contribution in [3.8, 4) is 0 Å². The van der Waals surface area contributed by atoms with Gasteiger partial charge in [0, 0.05) is 7.11 Å². The highest BCUT2D eigenvalue weighted by Gasteiger charge is 2.49. The Morgan fingerprint density at radius 1 is 0.571 bits per heavy atom. The van der Waals surface area contributed by atoms with Gasteiger partial charge in [0.2, 0.25) is 0 Å². The largest absolute Gasteiger partial charge is 0.388 e. The minimum absolute atomic E-state index is 0.330. The van der Waals surface area contributed by atoms with Crippen molar-refractivity contribution in [1.29, 1.82) is 0 Å². The van der Waals surface area contributed by atoms with Crippen LogP contribution < -0.4 is 0 Å². The molecule has 0 aromatic carbocycles. The Kier molecular flexibility index (Phi) is 10.2. The van der Waals surface area contributed by atoms with E-state index in [9.17, 15) is 40.9 Å². The van der Waals surface area contributed by atoms with Crippen LogP contribution in [0.25, 0.3) is 0 Å². The summed E-state index contributed by atoms with van der Waals surface area (Å²) in [6, 6.07) is 0.